The minimum Gasteiger partial charge on any atom is -0.457 e. The summed E-state index contributed by atoms with van der Waals surface area (Å²) in [7, 11) is 0. The molecule has 1 aromatic rings. The molecule has 0 radical (unpaired) electrons. The zero-order valence-electron chi connectivity index (χ0n) is 9.27. The van der Waals surface area contributed by atoms with Gasteiger partial charge in [0.25, 0.3) is 0 Å². The van der Waals surface area contributed by atoms with Crippen LogP contribution in [0.15, 0.2) is 6.08 Å². The van der Waals surface area contributed by atoms with E-state index in [1.54, 1.807) is 13.0 Å². The molecule has 4 nitrogen and oxygen atoms in total. The smallest absolute Gasteiger partial charge is 0.331 e. The van der Waals surface area contributed by atoms with E-state index in [1.165, 1.54) is 17.6 Å². The fourth-order valence-electron chi connectivity index (χ4n) is 0.856. The van der Waals surface area contributed by atoms with E-state index < -0.39 is 5.60 Å². The third-order valence-electron chi connectivity index (χ3n) is 1.31. The van der Waals surface area contributed by atoms with Crippen LogP contribution in [-0.4, -0.2) is 20.9 Å². The molecule has 0 spiro atoms. The van der Waals surface area contributed by atoms with E-state index in [-0.39, 0.29) is 5.97 Å². The van der Waals surface area contributed by atoms with Crippen molar-refractivity contribution in [2.45, 2.75) is 33.3 Å². The van der Waals surface area contributed by atoms with Crippen LogP contribution in [0.25, 0.3) is 6.08 Å². The molecule has 15 heavy (non-hydrogen) atoms. The lowest BCUT2D eigenvalue weighted by molar-refractivity contribution is -0.148. The van der Waals surface area contributed by atoms with Crippen LogP contribution in [0.1, 0.15) is 31.6 Å². The average molecular weight is 226 g/mol. The van der Waals surface area contributed by atoms with Gasteiger partial charge in [-0.25, -0.2) is 9.78 Å². The second-order valence-corrected chi connectivity index (χ2v) is 4.83. The Kier molecular flexibility index (Phi) is 3.57. The minimum absolute atomic E-state index is 0.365. The molecule has 0 aliphatic rings. The Morgan fingerprint density at radius 1 is 1.47 bits per heavy atom. The molecule has 0 aromatic carbocycles. The van der Waals surface area contributed by atoms with E-state index in [4.69, 9.17) is 4.74 Å². The normalized spacial score (nSPS) is 12.0. The van der Waals surface area contributed by atoms with Gasteiger partial charge in [-0.1, -0.05) is 0 Å². The number of aryl methyl sites for hydroxylation is 1. The maximum Gasteiger partial charge on any atom is 0.331 e. The fraction of sp³-hybridized carbons (Fsp3) is 0.500. The Balaban J connectivity index is 2.55. The van der Waals surface area contributed by atoms with Gasteiger partial charge in [0, 0.05) is 6.08 Å². The van der Waals surface area contributed by atoms with Crippen LogP contribution in [0.5, 0.6) is 0 Å². The summed E-state index contributed by atoms with van der Waals surface area (Å²) in [6.45, 7) is 7.29. The molecule has 0 aliphatic carbocycles. The lowest BCUT2D eigenvalue weighted by Gasteiger charge is -2.17. The number of hydrogen-bond donors (Lipinski definition) is 0. The number of rotatable bonds is 2. The Bertz CT molecular complexity index is 377. The van der Waals surface area contributed by atoms with E-state index in [2.05, 4.69) is 9.36 Å². The van der Waals surface area contributed by atoms with Crippen molar-refractivity contribution in [3.8, 4) is 0 Å². The number of nitrogens with zero attached hydrogens (tertiary/aromatic N) is 2. The molecular formula is C10H14N2O2S. The Hall–Kier alpha value is -1.23. The van der Waals surface area contributed by atoms with Crippen molar-refractivity contribution in [1.29, 1.82) is 0 Å². The molecule has 1 heterocycles. The van der Waals surface area contributed by atoms with Crippen LogP contribution in [0.2, 0.25) is 0 Å². The summed E-state index contributed by atoms with van der Waals surface area (Å²) in [5.74, 6) is 0.346. The van der Waals surface area contributed by atoms with Gasteiger partial charge < -0.3 is 4.74 Å². The summed E-state index contributed by atoms with van der Waals surface area (Å²) < 4.78 is 9.09. The van der Waals surface area contributed by atoms with Crippen molar-refractivity contribution in [1.82, 2.24) is 9.36 Å². The molecule has 0 bridgehead atoms. The molecule has 0 unspecified atom stereocenters. The molecule has 0 saturated heterocycles. The third-order valence-corrected chi connectivity index (χ3v) is 2.08. The first-order chi connectivity index (χ1) is 6.87. The van der Waals surface area contributed by atoms with Gasteiger partial charge in [0.15, 0.2) is 0 Å². The van der Waals surface area contributed by atoms with Crippen LogP contribution in [0.4, 0.5) is 0 Å². The first-order valence-corrected chi connectivity index (χ1v) is 5.35. The van der Waals surface area contributed by atoms with Gasteiger partial charge in [-0.3, -0.25) is 0 Å². The molecule has 1 rings (SSSR count). The molecular weight excluding hydrogens is 212 g/mol. The van der Waals surface area contributed by atoms with Gasteiger partial charge in [0.1, 0.15) is 16.4 Å². The summed E-state index contributed by atoms with van der Waals surface area (Å²) in [6.07, 6.45) is 2.98. The SMILES string of the molecule is Cc1nsc(/C=C/C(=O)OC(C)(C)C)n1. The highest BCUT2D eigenvalue weighted by Crippen LogP contribution is 2.09. The van der Waals surface area contributed by atoms with Crippen LogP contribution in [0, 0.1) is 6.92 Å². The molecule has 0 atom stereocenters. The second-order valence-electron chi connectivity index (χ2n) is 4.05. The fourth-order valence-corrected chi connectivity index (χ4v) is 1.42. The monoisotopic (exact) mass is 226 g/mol. The van der Waals surface area contributed by atoms with E-state index in [1.807, 2.05) is 20.8 Å². The van der Waals surface area contributed by atoms with E-state index in [0.717, 1.165) is 0 Å². The van der Waals surface area contributed by atoms with Crippen LogP contribution < -0.4 is 0 Å². The van der Waals surface area contributed by atoms with Crippen molar-refractivity contribution >= 4 is 23.6 Å². The number of aromatic nitrogens is 2. The lowest BCUT2D eigenvalue weighted by atomic mass is 10.2. The first-order valence-electron chi connectivity index (χ1n) is 4.58. The summed E-state index contributed by atoms with van der Waals surface area (Å²) >= 11 is 1.25. The van der Waals surface area contributed by atoms with Crippen molar-refractivity contribution in [2.75, 3.05) is 0 Å². The van der Waals surface area contributed by atoms with Crippen LogP contribution in [0.3, 0.4) is 0 Å². The third kappa shape index (κ3) is 4.69. The van der Waals surface area contributed by atoms with E-state index >= 15 is 0 Å². The van der Waals surface area contributed by atoms with Crippen LogP contribution >= 0.6 is 11.5 Å². The number of hydrogen-bond acceptors (Lipinski definition) is 5. The Labute approximate surface area is 93.2 Å². The zero-order chi connectivity index (χ0) is 11.5. The molecule has 1 aromatic heterocycles. The predicted molar refractivity (Wildman–Crippen MR) is 59.5 cm³/mol. The highest BCUT2D eigenvalue weighted by Gasteiger charge is 2.13. The second kappa shape index (κ2) is 4.53. The zero-order valence-corrected chi connectivity index (χ0v) is 10.1. The van der Waals surface area contributed by atoms with E-state index in [0.29, 0.717) is 10.8 Å². The van der Waals surface area contributed by atoms with Gasteiger partial charge in [0.05, 0.1) is 0 Å². The molecule has 0 N–H and O–H groups in total. The molecule has 0 amide bonds. The van der Waals surface area contributed by atoms with Crippen molar-refractivity contribution < 1.29 is 9.53 Å². The summed E-state index contributed by atoms with van der Waals surface area (Å²) in [4.78, 5) is 15.4. The summed E-state index contributed by atoms with van der Waals surface area (Å²) in [5, 5.41) is 0.707. The molecule has 0 saturated carbocycles. The van der Waals surface area contributed by atoms with Crippen LogP contribution in [-0.2, 0) is 9.53 Å². The highest BCUT2D eigenvalue weighted by atomic mass is 32.1. The summed E-state index contributed by atoms with van der Waals surface area (Å²) in [5.41, 5.74) is -0.460. The topological polar surface area (TPSA) is 52.1 Å². The molecule has 0 fully saturated rings. The minimum atomic E-state index is -0.460. The van der Waals surface area contributed by atoms with Gasteiger partial charge in [-0.15, -0.1) is 0 Å². The highest BCUT2D eigenvalue weighted by molar-refractivity contribution is 7.06. The van der Waals surface area contributed by atoms with Crippen molar-refractivity contribution in [3.05, 3.63) is 16.9 Å². The quantitative estimate of drug-likeness (QED) is 0.573. The summed E-state index contributed by atoms with van der Waals surface area (Å²) in [6, 6.07) is 0. The van der Waals surface area contributed by atoms with Crippen molar-refractivity contribution in [3.63, 3.8) is 0 Å². The lowest BCUT2D eigenvalue weighted by Crippen LogP contribution is -2.22. The number of ether oxygens (including phenoxy) is 1. The largest absolute Gasteiger partial charge is 0.457 e. The first kappa shape index (κ1) is 11.8. The number of carbonyl (C=O) groups excluding carboxylic acids is 1. The standard InChI is InChI=1S/C10H14N2O2S/c1-7-11-8(15-12-7)5-6-9(13)14-10(2,3)4/h5-6H,1-4H3/b6-5+. The van der Waals surface area contributed by atoms with Gasteiger partial charge in [-0.05, 0) is 45.3 Å². The molecule has 82 valence electrons. The van der Waals surface area contributed by atoms with Crippen molar-refractivity contribution in [2.24, 2.45) is 0 Å². The van der Waals surface area contributed by atoms with Gasteiger partial charge >= 0.3 is 5.97 Å². The van der Waals surface area contributed by atoms with Gasteiger partial charge in [-0.2, -0.15) is 4.37 Å². The molecule has 0 aliphatic heterocycles. The van der Waals surface area contributed by atoms with E-state index in [9.17, 15) is 4.79 Å². The maximum absolute atomic E-state index is 11.3. The predicted octanol–water partition coefficient (Wildman–Crippen LogP) is 2.20. The molecule has 5 heteroatoms. The number of carbonyl (C=O) groups is 1. The average Bonchev–Trinajstić information content (AvgIpc) is 2.45. The maximum atomic E-state index is 11.3. The Morgan fingerprint density at radius 2 is 2.13 bits per heavy atom. The number of esters is 1. The van der Waals surface area contributed by atoms with Gasteiger partial charge in [0.2, 0.25) is 0 Å². The Morgan fingerprint density at radius 3 is 2.60 bits per heavy atom.